The van der Waals surface area contributed by atoms with Crippen molar-refractivity contribution in [3.05, 3.63) is 47.4 Å². The summed E-state index contributed by atoms with van der Waals surface area (Å²) in [7, 11) is 0. The van der Waals surface area contributed by atoms with Crippen molar-refractivity contribution < 1.29 is 14.0 Å². The molecule has 1 aromatic carbocycles. The second-order valence-electron chi connectivity index (χ2n) is 14.1. The van der Waals surface area contributed by atoms with Gasteiger partial charge in [-0.25, -0.2) is 14.4 Å². The highest BCUT2D eigenvalue weighted by atomic mass is 19.1. The van der Waals surface area contributed by atoms with Crippen LogP contribution in [0.5, 0.6) is 0 Å². The number of hydrogen-bond donors (Lipinski definition) is 2. The van der Waals surface area contributed by atoms with E-state index in [1.165, 1.54) is 6.07 Å². The number of likely N-dealkylation sites (tertiary alicyclic amines) is 1. The lowest BCUT2D eigenvalue weighted by Crippen LogP contribution is -2.45. The summed E-state index contributed by atoms with van der Waals surface area (Å²) < 4.78 is 20.1. The molecule has 1 aliphatic carbocycles. The molecule has 1 saturated heterocycles. The number of hydrogen-bond acceptors (Lipinski definition) is 5. The van der Waals surface area contributed by atoms with Gasteiger partial charge in [0.15, 0.2) is 5.82 Å². The Kier molecular flexibility index (Phi) is 7.66. The fourth-order valence-electron chi connectivity index (χ4n) is 7.09. The van der Waals surface area contributed by atoms with Crippen molar-refractivity contribution in [3.63, 3.8) is 0 Å². The summed E-state index contributed by atoms with van der Waals surface area (Å²) in [4.78, 5) is 38.4. The summed E-state index contributed by atoms with van der Waals surface area (Å²) in [6.07, 6.45) is 8.61. The highest BCUT2D eigenvalue weighted by molar-refractivity contribution is 5.98. The first-order valence-corrected chi connectivity index (χ1v) is 16.7. The second kappa shape index (κ2) is 11.5. The number of nitrogens with two attached hydrogens (primary N) is 1. The van der Waals surface area contributed by atoms with E-state index < -0.39 is 11.2 Å². The minimum absolute atomic E-state index is 0.0519. The van der Waals surface area contributed by atoms with Crippen LogP contribution in [0, 0.1) is 11.2 Å². The van der Waals surface area contributed by atoms with Gasteiger partial charge in [0.2, 0.25) is 5.91 Å². The fraction of sp³-hybridized carbons (Fsp3) is 0.543. The van der Waals surface area contributed by atoms with Gasteiger partial charge in [0.1, 0.15) is 11.5 Å². The molecule has 2 fully saturated rings. The Bertz CT molecular complexity index is 1790. The molecule has 3 aromatic heterocycles. The van der Waals surface area contributed by atoms with Gasteiger partial charge in [-0.2, -0.15) is 0 Å². The average molecular weight is 614 g/mol. The largest absolute Gasteiger partial charge is 0.348 e. The Labute approximate surface area is 263 Å². The van der Waals surface area contributed by atoms with Crippen LogP contribution in [-0.2, 0) is 11.3 Å². The molecule has 9 nitrogen and oxygen atoms in total. The highest BCUT2D eigenvalue weighted by Crippen LogP contribution is 2.43. The lowest BCUT2D eigenvalue weighted by atomic mass is 9.85. The van der Waals surface area contributed by atoms with Crippen molar-refractivity contribution in [1.82, 2.24) is 29.3 Å². The van der Waals surface area contributed by atoms with Gasteiger partial charge >= 0.3 is 0 Å². The quantitative estimate of drug-likeness (QED) is 0.284. The minimum atomic E-state index is -0.521. The van der Waals surface area contributed by atoms with Crippen molar-refractivity contribution in [2.24, 2.45) is 11.1 Å². The molecule has 4 aromatic rings. The first-order chi connectivity index (χ1) is 21.6. The molecule has 2 amide bonds. The van der Waals surface area contributed by atoms with Gasteiger partial charge in [-0.3, -0.25) is 9.59 Å². The molecule has 2 atom stereocenters. The fourth-order valence-corrected chi connectivity index (χ4v) is 7.09. The number of nitrogens with one attached hydrogen (secondary N) is 1. The van der Waals surface area contributed by atoms with E-state index in [1.807, 2.05) is 26.8 Å². The van der Waals surface area contributed by atoms with Crippen molar-refractivity contribution in [2.75, 3.05) is 13.1 Å². The zero-order valence-electron chi connectivity index (χ0n) is 26.6. The summed E-state index contributed by atoms with van der Waals surface area (Å²) in [6.45, 7) is 7.83. The van der Waals surface area contributed by atoms with Gasteiger partial charge in [0, 0.05) is 48.6 Å². The zero-order chi connectivity index (χ0) is 31.5. The third-order valence-electron chi connectivity index (χ3n) is 10.00. The van der Waals surface area contributed by atoms with Gasteiger partial charge in [-0.1, -0.05) is 33.1 Å². The Morgan fingerprint density at radius 1 is 1.02 bits per heavy atom. The molecule has 0 spiro atoms. The van der Waals surface area contributed by atoms with Crippen LogP contribution in [0.4, 0.5) is 4.39 Å². The van der Waals surface area contributed by atoms with E-state index in [-0.39, 0.29) is 35.5 Å². The van der Waals surface area contributed by atoms with Crippen LogP contribution in [0.3, 0.4) is 0 Å². The smallest absolute Gasteiger partial charge is 0.256 e. The van der Waals surface area contributed by atoms with Crippen molar-refractivity contribution >= 4 is 33.9 Å². The topological polar surface area (TPSA) is 111 Å². The molecule has 0 unspecified atom stereocenters. The standard InChI is InChI=1S/C35H44FN7O2/c1-21-27-13-10-22-17-30(42(31(22)39-27)16-7-5-4-6-14-35(2,3)34(45)38-21)32-40-28-18-25(33(44)41-15-8-9-23(37)20-41)26(36)19-29(28)43(32)24-11-12-24/h10,13,17-19,21,23-24H,4-9,11-12,14-16,20,37H2,1-3H3,(H,38,45)/t21-,23-/m1/s1. The number of aromatic nitrogens is 4. The molecule has 238 valence electrons. The highest BCUT2D eigenvalue weighted by Gasteiger charge is 2.33. The Hall–Kier alpha value is -3.79. The Balaban J connectivity index is 1.33. The molecule has 2 aliphatic heterocycles. The van der Waals surface area contributed by atoms with Gasteiger partial charge in [0.05, 0.1) is 34.0 Å². The number of benzene rings is 1. The van der Waals surface area contributed by atoms with Gasteiger partial charge in [-0.05, 0) is 69.7 Å². The van der Waals surface area contributed by atoms with Crippen LogP contribution in [0.2, 0.25) is 0 Å². The summed E-state index contributed by atoms with van der Waals surface area (Å²) >= 11 is 0. The van der Waals surface area contributed by atoms with E-state index in [0.29, 0.717) is 24.1 Å². The summed E-state index contributed by atoms with van der Waals surface area (Å²) in [6, 6.07) is 9.23. The van der Waals surface area contributed by atoms with Crippen molar-refractivity contribution in [3.8, 4) is 11.5 Å². The molecule has 10 heteroatoms. The van der Waals surface area contributed by atoms with Crippen LogP contribution in [0.1, 0.15) is 107 Å². The lowest BCUT2D eigenvalue weighted by molar-refractivity contribution is -0.130. The first kappa shape index (κ1) is 29.9. The molecule has 45 heavy (non-hydrogen) atoms. The van der Waals surface area contributed by atoms with Crippen LogP contribution in [-0.4, -0.2) is 54.9 Å². The Morgan fingerprint density at radius 3 is 2.60 bits per heavy atom. The number of pyridine rings is 1. The normalized spacial score (nSPS) is 23.0. The number of fused-ring (bicyclic) bond motifs is 2. The average Bonchev–Trinajstić information content (AvgIpc) is 3.69. The van der Waals surface area contributed by atoms with Crippen molar-refractivity contribution in [1.29, 1.82) is 0 Å². The minimum Gasteiger partial charge on any atom is -0.348 e. The van der Waals surface area contributed by atoms with Crippen LogP contribution >= 0.6 is 0 Å². The molecule has 0 radical (unpaired) electrons. The second-order valence-corrected chi connectivity index (χ2v) is 14.1. The van der Waals surface area contributed by atoms with E-state index in [4.69, 9.17) is 15.7 Å². The summed E-state index contributed by atoms with van der Waals surface area (Å²) in [5.74, 6) is -0.0140. The van der Waals surface area contributed by atoms with E-state index in [9.17, 15) is 9.59 Å². The number of amides is 2. The number of rotatable bonds is 3. The van der Waals surface area contributed by atoms with Crippen molar-refractivity contribution in [2.45, 2.75) is 103 Å². The summed E-state index contributed by atoms with van der Waals surface area (Å²) in [5, 5.41) is 4.20. The molecule has 3 N–H and O–H groups in total. The summed E-state index contributed by atoms with van der Waals surface area (Å²) in [5.41, 5.74) is 9.70. The van der Waals surface area contributed by atoms with Crippen LogP contribution < -0.4 is 11.1 Å². The molecule has 7 rings (SSSR count). The van der Waals surface area contributed by atoms with Crippen LogP contribution in [0.15, 0.2) is 30.3 Å². The first-order valence-electron chi connectivity index (χ1n) is 16.7. The molecule has 1 saturated carbocycles. The number of carbonyl (C=O) groups excluding carboxylic acids is 2. The molecule has 5 heterocycles. The van der Waals surface area contributed by atoms with E-state index in [0.717, 1.165) is 92.6 Å². The third kappa shape index (κ3) is 5.62. The Morgan fingerprint density at radius 2 is 1.82 bits per heavy atom. The number of piperidine rings is 1. The molecule has 3 aliphatic rings. The van der Waals surface area contributed by atoms with Gasteiger partial charge in [0.25, 0.3) is 5.91 Å². The van der Waals surface area contributed by atoms with Gasteiger partial charge in [-0.15, -0.1) is 0 Å². The number of halogens is 1. The number of carbonyl (C=O) groups is 2. The maximum Gasteiger partial charge on any atom is 0.256 e. The molecule has 2 bridgehead atoms. The van der Waals surface area contributed by atoms with E-state index in [1.54, 1.807) is 11.0 Å². The van der Waals surface area contributed by atoms with E-state index >= 15 is 4.39 Å². The van der Waals surface area contributed by atoms with Crippen LogP contribution in [0.25, 0.3) is 33.6 Å². The number of imidazole rings is 1. The number of aryl methyl sites for hydroxylation is 1. The molecular weight excluding hydrogens is 569 g/mol. The monoisotopic (exact) mass is 613 g/mol. The lowest BCUT2D eigenvalue weighted by Gasteiger charge is -2.30. The maximum atomic E-state index is 15.7. The maximum absolute atomic E-state index is 15.7. The number of nitrogens with zero attached hydrogens (tertiary/aromatic N) is 5. The predicted molar refractivity (Wildman–Crippen MR) is 173 cm³/mol. The molecular formula is C35H44FN7O2. The predicted octanol–water partition coefficient (Wildman–Crippen LogP) is 6.26. The van der Waals surface area contributed by atoms with E-state index in [2.05, 4.69) is 26.6 Å². The van der Waals surface area contributed by atoms with Gasteiger partial charge < -0.3 is 25.1 Å². The zero-order valence-corrected chi connectivity index (χ0v) is 26.6. The SMILES string of the molecule is C[C@H]1NC(=O)C(C)(C)CCCCCCn2c(-c3nc4cc(C(=O)N5CCC[C@@H](N)C5)c(F)cc4n3C3CC3)cc3ccc1nc32. The third-order valence-corrected chi connectivity index (χ3v) is 10.00.